The first-order valence-corrected chi connectivity index (χ1v) is 6.57. The summed E-state index contributed by atoms with van der Waals surface area (Å²) in [5.41, 5.74) is 0.0277. The molecular weight excluding hydrogens is 240 g/mol. The predicted octanol–water partition coefficient (Wildman–Crippen LogP) is 1.92. The van der Waals surface area contributed by atoms with Crippen LogP contribution in [0.5, 0.6) is 0 Å². The van der Waals surface area contributed by atoms with Crippen molar-refractivity contribution < 1.29 is 4.79 Å². The second-order valence-electron chi connectivity index (χ2n) is 4.46. The minimum Gasteiger partial charge on any atom is -0.356 e. The molecule has 2 rings (SSSR count). The van der Waals surface area contributed by atoms with E-state index < -0.39 is 0 Å². The molecule has 0 spiro atoms. The van der Waals surface area contributed by atoms with Gasteiger partial charge in [-0.2, -0.15) is 0 Å². The van der Waals surface area contributed by atoms with E-state index in [9.17, 15) is 9.59 Å². The third kappa shape index (κ3) is 3.22. The van der Waals surface area contributed by atoms with Gasteiger partial charge in [0.2, 0.25) is 5.91 Å². The Kier molecular flexibility index (Phi) is 4.34. The molecule has 0 fully saturated rings. The van der Waals surface area contributed by atoms with Crippen LogP contribution in [0.3, 0.4) is 0 Å². The molecule has 0 unspecified atom stereocenters. The summed E-state index contributed by atoms with van der Waals surface area (Å²) in [4.78, 5) is 23.3. The molecule has 4 heteroatoms. The van der Waals surface area contributed by atoms with Gasteiger partial charge >= 0.3 is 0 Å². The standard InChI is InChI=1S/C15H18N2O2/c1-2-14(18)16-9-5-10-17-11-8-12-6-3-4-7-13(12)15(17)19/h3-4,6-8,11H,2,5,9-10H2,1H3,(H,16,18). The van der Waals surface area contributed by atoms with E-state index in [1.807, 2.05) is 43.5 Å². The number of aromatic nitrogens is 1. The van der Waals surface area contributed by atoms with E-state index in [4.69, 9.17) is 0 Å². The van der Waals surface area contributed by atoms with Gasteiger partial charge in [-0.15, -0.1) is 0 Å². The Labute approximate surface area is 112 Å². The van der Waals surface area contributed by atoms with Crippen LogP contribution in [0.15, 0.2) is 41.3 Å². The van der Waals surface area contributed by atoms with Crippen LogP contribution in [0.1, 0.15) is 19.8 Å². The number of hydrogen-bond acceptors (Lipinski definition) is 2. The number of aryl methyl sites for hydroxylation is 1. The smallest absolute Gasteiger partial charge is 0.258 e. The lowest BCUT2D eigenvalue weighted by Crippen LogP contribution is -2.26. The minimum absolute atomic E-state index is 0.0277. The molecule has 1 amide bonds. The Bertz CT molecular complexity index is 631. The van der Waals surface area contributed by atoms with Crippen molar-refractivity contribution in [2.24, 2.45) is 0 Å². The molecule has 0 atom stereocenters. The van der Waals surface area contributed by atoms with E-state index in [0.717, 1.165) is 17.2 Å². The van der Waals surface area contributed by atoms with Crippen molar-refractivity contribution in [1.29, 1.82) is 0 Å². The van der Waals surface area contributed by atoms with Crippen LogP contribution >= 0.6 is 0 Å². The number of pyridine rings is 1. The largest absolute Gasteiger partial charge is 0.356 e. The number of carbonyl (C=O) groups is 1. The molecule has 1 aromatic carbocycles. The maximum absolute atomic E-state index is 12.2. The zero-order valence-electron chi connectivity index (χ0n) is 11.1. The van der Waals surface area contributed by atoms with Crippen LogP contribution in [-0.2, 0) is 11.3 Å². The summed E-state index contributed by atoms with van der Waals surface area (Å²) in [6.45, 7) is 3.04. The van der Waals surface area contributed by atoms with Crippen molar-refractivity contribution in [3.63, 3.8) is 0 Å². The molecule has 0 saturated heterocycles. The molecule has 1 aromatic heterocycles. The first kappa shape index (κ1) is 13.3. The van der Waals surface area contributed by atoms with Crippen LogP contribution in [0.2, 0.25) is 0 Å². The van der Waals surface area contributed by atoms with E-state index in [2.05, 4.69) is 5.32 Å². The van der Waals surface area contributed by atoms with E-state index in [-0.39, 0.29) is 11.5 Å². The average molecular weight is 258 g/mol. The number of fused-ring (bicyclic) bond motifs is 1. The van der Waals surface area contributed by atoms with Gasteiger partial charge < -0.3 is 9.88 Å². The Balaban J connectivity index is 2.03. The minimum atomic E-state index is 0.0277. The quantitative estimate of drug-likeness (QED) is 0.833. The first-order valence-electron chi connectivity index (χ1n) is 6.57. The third-order valence-corrected chi connectivity index (χ3v) is 3.11. The summed E-state index contributed by atoms with van der Waals surface area (Å²) in [6.07, 6.45) is 3.06. The van der Waals surface area contributed by atoms with E-state index in [1.165, 1.54) is 0 Å². The number of rotatable bonds is 5. The Morgan fingerprint density at radius 2 is 2.05 bits per heavy atom. The molecule has 1 N–H and O–H groups in total. The molecule has 2 aromatic rings. The van der Waals surface area contributed by atoms with Gasteiger partial charge in [0.1, 0.15) is 0 Å². The molecule has 0 saturated carbocycles. The maximum atomic E-state index is 12.2. The fourth-order valence-corrected chi connectivity index (χ4v) is 2.01. The number of carbonyl (C=O) groups excluding carboxylic acids is 1. The molecule has 0 radical (unpaired) electrons. The van der Waals surface area contributed by atoms with Crippen molar-refractivity contribution in [2.45, 2.75) is 26.3 Å². The summed E-state index contributed by atoms with van der Waals surface area (Å²) < 4.78 is 1.69. The highest BCUT2D eigenvalue weighted by molar-refractivity contribution is 5.81. The van der Waals surface area contributed by atoms with Crippen molar-refractivity contribution in [1.82, 2.24) is 9.88 Å². The molecule has 0 aliphatic rings. The van der Waals surface area contributed by atoms with Crippen LogP contribution < -0.4 is 10.9 Å². The van der Waals surface area contributed by atoms with E-state index in [1.54, 1.807) is 4.57 Å². The summed E-state index contributed by atoms with van der Waals surface area (Å²) in [6, 6.07) is 9.51. The summed E-state index contributed by atoms with van der Waals surface area (Å²) in [7, 11) is 0. The van der Waals surface area contributed by atoms with Crippen LogP contribution in [0.4, 0.5) is 0 Å². The zero-order valence-corrected chi connectivity index (χ0v) is 11.1. The van der Waals surface area contributed by atoms with Gasteiger partial charge in [-0.1, -0.05) is 25.1 Å². The van der Waals surface area contributed by atoms with Gasteiger partial charge in [0, 0.05) is 31.1 Å². The second kappa shape index (κ2) is 6.18. The highest BCUT2D eigenvalue weighted by atomic mass is 16.1. The number of nitrogens with zero attached hydrogens (tertiary/aromatic N) is 1. The Morgan fingerprint density at radius 1 is 1.26 bits per heavy atom. The molecule has 0 aliphatic carbocycles. The predicted molar refractivity (Wildman–Crippen MR) is 76.1 cm³/mol. The highest BCUT2D eigenvalue weighted by Crippen LogP contribution is 2.08. The van der Waals surface area contributed by atoms with Crippen molar-refractivity contribution >= 4 is 16.7 Å². The summed E-state index contributed by atoms with van der Waals surface area (Å²) >= 11 is 0. The summed E-state index contributed by atoms with van der Waals surface area (Å²) in [5.74, 6) is 0.0471. The fourth-order valence-electron chi connectivity index (χ4n) is 2.01. The molecule has 19 heavy (non-hydrogen) atoms. The number of nitrogens with one attached hydrogen (secondary N) is 1. The van der Waals surface area contributed by atoms with Gasteiger partial charge in [-0.25, -0.2) is 0 Å². The second-order valence-corrected chi connectivity index (χ2v) is 4.46. The fraction of sp³-hybridized carbons (Fsp3) is 0.333. The van der Waals surface area contributed by atoms with E-state index in [0.29, 0.717) is 19.5 Å². The summed E-state index contributed by atoms with van der Waals surface area (Å²) in [5, 5.41) is 4.50. The molecule has 4 nitrogen and oxygen atoms in total. The normalized spacial score (nSPS) is 10.6. The number of benzene rings is 1. The zero-order chi connectivity index (χ0) is 13.7. The van der Waals surface area contributed by atoms with Gasteiger partial charge in [0.15, 0.2) is 0 Å². The maximum Gasteiger partial charge on any atom is 0.258 e. The van der Waals surface area contributed by atoms with Gasteiger partial charge in [-0.3, -0.25) is 9.59 Å². The topological polar surface area (TPSA) is 51.1 Å². The van der Waals surface area contributed by atoms with Gasteiger partial charge in [-0.05, 0) is 23.9 Å². The van der Waals surface area contributed by atoms with Crippen LogP contribution in [0.25, 0.3) is 10.8 Å². The lowest BCUT2D eigenvalue weighted by molar-refractivity contribution is -0.120. The van der Waals surface area contributed by atoms with Crippen LogP contribution in [-0.4, -0.2) is 17.0 Å². The highest BCUT2D eigenvalue weighted by Gasteiger charge is 2.02. The first-order chi connectivity index (χ1) is 9.22. The van der Waals surface area contributed by atoms with Crippen LogP contribution in [0, 0.1) is 0 Å². The lowest BCUT2D eigenvalue weighted by Gasteiger charge is -2.07. The van der Waals surface area contributed by atoms with Crippen molar-refractivity contribution in [3.8, 4) is 0 Å². The Hall–Kier alpha value is -2.10. The average Bonchev–Trinajstić information content (AvgIpc) is 2.45. The molecule has 1 heterocycles. The Morgan fingerprint density at radius 3 is 2.84 bits per heavy atom. The van der Waals surface area contributed by atoms with E-state index >= 15 is 0 Å². The number of hydrogen-bond donors (Lipinski definition) is 1. The van der Waals surface area contributed by atoms with Gasteiger partial charge in [0.25, 0.3) is 5.56 Å². The molecule has 100 valence electrons. The van der Waals surface area contributed by atoms with Gasteiger partial charge in [0.05, 0.1) is 0 Å². The molecule has 0 aliphatic heterocycles. The third-order valence-electron chi connectivity index (χ3n) is 3.11. The SMILES string of the molecule is CCC(=O)NCCCn1ccc2ccccc2c1=O. The number of amides is 1. The monoisotopic (exact) mass is 258 g/mol. The molecular formula is C15H18N2O2. The van der Waals surface area contributed by atoms with Crippen molar-refractivity contribution in [3.05, 3.63) is 46.9 Å². The molecule has 0 bridgehead atoms. The lowest BCUT2D eigenvalue weighted by atomic mass is 10.2. The van der Waals surface area contributed by atoms with Crippen molar-refractivity contribution in [2.75, 3.05) is 6.54 Å².